The Bertz CT molecular complexity index is 722. The number of para-hydroxylation sites is 1. The van der Waals surface area contributed by atoms with Crippen molar-refractivity contribution < 1.29 is 9.53 Å². The molecule has 0 aliphatic rings. The second-order valence-electron chi connectivity index (χ2n) is 4.24. The van der Waals surface area contributed by atoms with Crippen molar-refractivity contribution in [2.24, 2.45) is 0 Å². The minimum absolute atomic E-state index is 0.147. The summed E-state index contributed by atoms with van der Waals surface area (Å²) in [7, 11) is 1.50. The summed E-state index contributed by atoms with van der Waals surface area (Å²) in [5, 5.41) is 6.42. The van der Waals surface area contributed by atoms with Gasteiger partial charge < -0.3 is 10.1 Å². The summed E-state index contributed by atoms with van der Waals surface area (Å²) in [6, 6.07) is 11.8. The minimum atomic E-state index is -0.366. The maximum Gasteiger partial charge on any atom is 0.261 e. The molecule has 0 fully saturated rings. The van der Waals surface area contributed by atoms with Gasteiger partial charge in [0.1, 0.15) is 5.75 Å². The normalized spacial score (nSPS) is 9.95. The molecule has 0 unspecified atom stereocenters. The van der Waals surface area contributed by atoms with Gasteiger partial charge in [-0.1, -0.05) is 35.3 Å². The van der Waals surface area contributed by atoms with Crippen LogP contribution < -0.4 is 15.4 Å². The monoisotopic (exact) mass is 354 g/mol. The van der Waals surface area contributed by atoms with Crippen LogP contribution in [0.5, 0.6) is 5.75 Å². The summed E-state index contributed by atoms with van der Waals surface area (Å²) in [5.74, 6) is 0.104. The number of rotatable bonds is 3. The van der Waals surface area contributed by atoms with Gasteiger partial charge in [0.15, 0.2) is 5.11 Å². The lowest BCUT2D eigenvalue weighted by Gasteiger charge is -2.12. The fourth-order valence-electron chi connectivity index (χ4n) is 1.74. The predicted octanol–water partition coefficient (Wildman–Crippen LogP) is 4.13. The lowest BCUT2D eigenvalue weighted by atomic mass is 10.2. The first-order chi connectivity index (χ1) is 10.5. The van der Waals surface area contributed by atoms with Crippen LogP contribution in [0.1, 0.15) is 10.4 Å². The Labute approximate surface area is 143 Å². The van der Waals surface area contributed by atoms with E-state index in [0.29, 0.717) is 27.0 Å². The molecule has 0 spiro atoms. The van der Waals surface area contributed by atoms with Crippen molar-refractivity contribution in [3.05, 3.63) is 58.1 Å². The van der Waals surface area contributed by atoms with E-state index in [2.05, 4.69) is 10.6 Å². The molecule has 2 rings (SSSR count). The van der Waals surface area contributed by atoms with Gasteiger partial charge in [-0.2, -0.15) is 0 Å². The number of carbonyl (C=O) groups excluding carboxylic acids is 1. The molecule has 0 heterocycles. The smallest absolute Gasteiger partial charge is 0.261 e. The van der Waals surface area contributed by atoms with Crippen LogP contribution >= 0.6 is 35.4 Å². The number of carbonyl (C=O) groups is 1. The highest BCUT2D eigenvalue weighted by Gasteiger charge is 2.13. The van der Waals surface area contributed by atoms with Gasteiger partial charge in [-0.3, -0.25) is 10.1 Å². The maximum absolute atomic E-state index is 12.2. The second-order valence-corrected chi connectivity index (χ2v) is 5.46. The van der Waals surface area contributed by atoms with Crippen LogP contribution in [-0.2, 0) is 0 Å². The molecule has 7 heteroatoms. The first kappa shape index (κ1) is 16.5. The van der Waals surface area contributed by atoms with Gasteiger partial charge in [0.05, 0.1) is 22.7 Å². The van der Waals surface area contributed by atoms with E-state index < -0.39 is 0 Å². The molecule has 2 aromatic carbocycles. The number of halogens is 2. The van der Waals surface area contributed by atoms with Crippen LogP contribution in [0.15, 0.2) is 42.5 Å². The molecular formula is C15H12Cl2N2O2S. The fraction of sp³-hybridized carbons (Fsp3) is 0.0667. The molecule has 4 nitrogen and oxygen atoms in total. The average molecular weight is 355 g/mol. The molecule has 0 saturated heterocycles. The lowest BCUT2D eigenvalue weighted by Crippen LogP contribution is -2.34. The molecule has 0 atom stereocenters. The second kappa shape index (κ2) is 7.45. The molecule has 0 aliphatic heterocycles. The minimum Gasteiger partial charge on any atom is -0.496 e. The number of amides is 1. The molecule has 1 amide bonds. The average Bonchev–Trinajstić information content (AvgIpc) is 2.50. The number of benzene rings is 2. The molecule has 0 radical (unpaired) electrons. The zero-order chi connectivity index (χ0) is 16.1. The summed E-state index contributed by atoms with van der Waals surface area (Å²) in [5.41, 5.74) is 1.02. The lowest BCUT2D eigenvalue weighted by molar-refractivity contribution is 0.0975. The van der Waals surface area contributed by atoms with Gasteiger partial charge in [0, 0.05) is 5.69 Å². The Balaban J connectivity index is 2.05. The van der Waals surface area contributed by atoms with E-state index in [-0.39, 0.29) is 11.0 Å². The van der Waals surface area contributed by atoms with Gasteiger partial charge in [-0.25, -0.2) is 0 Å². The van der Waals surface area contributed by atoms with E-state index >= 15 is 0 Å². The molecule has 0 aromatic heterocycles. The first-order valence-electron chi connectivity index (χ1n) is 6.21. The van der Waals surface area contributed by atoms with Crippen molar-refractivity contribution in [3.63, 3.8) is 0 Å². The molecule has 0 aliphatic carbocycles. The highest BCUT2D eigenvalue weighted by atomic mass is 35.5. The Morgan fingerprint density at radius 3 is 2.55 bits per heavy atom. The van der Waals surface area contributed by atoms with E-state index in [4.69, 9.17) is 40.2 Å². The van der Waals surface area contributed by atoms with Crippen LogP contribution in [0, 0.1) is 0 Å². The van der Waals surface area contributed by atoms with Gasteiger partial charge in [-0.15, -0.1) is 0 Å². The molecule has 0 bridgehead atoms. The molecule has 2 aromatic rings. The molecule has 0 saturated carbocycles. The Kier molecular flexibility index (Phi) is 5.60. The standard InChI is InChI=1S/C15H12Cl2N2O2S/c1-21-13-5-3-2-4-10(13)14(20)19-15(22)18-9-6-7-11(16)12(17)8-9/h2-8H,1H3,(H2,18,19,20,22). The van der Waals surface area contributed by atoms with Crippen molar-refractivity contribution in [1.82, 2.24) is 5.32 Å². The number of methoxy groups -OCH3 is 1. The van der Waals surface area contributed by atoms with Gasteiger partial charge >= 0.3 is 0 Å². The van der Waals surface area contributed by atoms with E-state index in [1.807, 2.05) is 0 Å². The van der Waals surface area contributed by atoms with Crippen LogP contribution in [0.3, 0.4) is 0 Å². The molecule has 114 valence electrons. The maximum atomic E-state index is 12.2. The Morgan fingerprint density at radius 2 is 1.86 bits per heavy atom. The fourth-order valence-corrected chi connectivity index (χ4v) is 2.25. The van der Waals surface area contributed by atoms with Crippen LogP contribution in [-0.4, -0.2) is 18.1 Å². The van der Waals surface area contributed by atoms with E-state index in [9.17, 15) is 4.79 Å². The molecule has 22 heavy (non-hydrogen) atoms. The van der Waals surface area contributed by atoms with Crippen LogP contribution in [0.4, 0.5) is 5.69 Å². The third-order valence-electron chi connectivity index (χ3n) is 2.76. The van der Waals surface area contributed by atoms with Crippen molar-refractivity contribution in [3.8, 4) is 5.75 Å². The first-order valence-corrected chi connectivity index (χ1v) is 7.38. The Morgan fingerprint density at radius 1 is 1.14 bits per heavy atom. The quantitative estimate of drug-likeness (QED) is 0.813. The summed E-state index contributed by atoms with van der Waals surface area (Å²) < 4.78 is 5.14. The van der Waals surface area contributed by atoms with Crippen LogP contribution in [0.25, 0.3) is 0 Å². The Hall–Kier alpha value is -1.82. The van der Waals surface area contributed by atoms with E-state index in [0.717, 1.165) is 0 Å². The molecular weight excluding hydrogens is 343 g/mol. The zero-order valence-corrected chi connectivity index (χ0v) is 13.9. The summed E-state index contributed by atoms with van der Waals surface area (Å²) in [6.07, 6.45) is 0. The van der Waals surface area contributed by atoms with Gasteiger partial charge in [-0.05, 0) is 42.5 Å². The van der Waals surface area contributed by atoms with Crippen molar-refractivity contribution >= 4 is 52.1 Å². The van der Waals surface area contributed by atoms with Gasteiger partial charge in [0.2, 0.25) is 0 Å². The summed E-state index contributed by atoms with van der Waals surface area (Å²) in [6.45, 7) is 0. The largest absolute Gasteiger partial charge is 0.496 e. The van der Waals surface area contributed by atoms with Crippen molar-refractivity contribution in [2.75, 3.05) is 12.4 Å². The summed E-state index contributed by atoms with van der Waals surface area (Å²) >= 11 is 16.9. The van der Waals surface area contributed by atoms with E-state index in [1.54, 1.807) is 42.5 Å². The number of hydrogen-bond acceptors (Lipinski definition) is 3. The number of anilines is 1. The third kappa shape index (κ3) is 4.10. The SMILES string of the molecule is COc1ccccc1C(=O)NC(=S)Nc1ccc(Cl)c(Cl)c1. The molecule has 2 N–H and O–H groups in total. The predicted molar refractivity (Wildman–Crippen MR) is 93.1 cm³/mol. The number of nitrogens with one attached hydrogen (secondary N) is 2. The van der Waals surface area contributed by atoms with Crippen molar-refractivity contribution in [2.45, 2.75) is 0 Å². The highest BCUT2D eigenvalue weighted by molar-refractivity contribution is 7.80. The summed E-state index contributed by atoms with van der Waals surface area (Å²) in [4.78, 5) is 12.2. The highest BCUT2D eigenvalue weighted by Crippen LogP contribution is 2.25. The third-order valence-corrected chi connectivity index (χ3v) is 3.70. The number of thiocarbonyl (C=S) groups is 1. The van der Waals surface area contributed by atoms with E-state index in [1.165, 1.54) is 7.11 Å². The topological polar surface area (TPSA) is 50.4 Å². The number of ether oxygens (including phenoxy) is 1. The van der Waals surface area contributed by atoms with Crippen LogP contribution in [0.2, 0.25) is 10.0 Å². The van der Waals surface area contributed by atoms with Crippen molar-refractivity contribution in [1.29, 1.82) is 0 Å². The van der Waals surface area contributed by atoms with Gasteiger partial charge in [0.25, 0.3) is 5.91 Å². The number of hydrogen-bond donors (Lipinski definition) is 2. The zero-order valence-electron chi connectivity index (χ0n) is 11.5.